The van der Waals surface area contributed by atoms with Crippen molar-refractivity contribution >= 4 is 87.2 Å². The van der Waals surface area contributed by atoms with E-state index in [1.165, 1.54) is 71.0 Å². The number of benzene rings is 14. The Hall–Kier alpha value is -18.9. The predicted molar refractivity (Wildman–Crippen MR) is 532 cm³/mol. The highest BCUT2D eigenvalue weighted by Gasteiger charge is 2.21. The molecule has 14 heteroatoms. The zero-order valence-corrected chi connectivity index (χ0v) is 71.0. The third kappa shape index (κ3) is 15.7. The maximum atomic E-state index is 9.31. The zero-order chi connectivity index (χ0) is 88.8. The van der Waals surface area contributed by atoms with Crippen LogP contribution in [0.1, 0.15) is 22.4 Å². The fourth-order valence-corrected chi connectivity index (χ4v) is 17.8. The quantitative estimate of drug-likeness (QED) is 0.114. The van der Waals surface area contributed by atoms with Crippen LogP contribution in [0.25, 0.3) is 200 Å². The van der Waals surface area contributed by atoms with Gasteiger partial charge in [-0.25, -0.2) is 15.0 Å². The number of nitrogens with zero attached hydrogens (tertiary/aromatic N) is 14. The van der Waals surface area contributed by atoms with Crippen molar-refractivity contribution in [2.45, 2.75) is 0 Å². The van der Waals surface area contributed by atoms with E-state index in [0.717, 1.165) is 129 Å². The van der Waals surface area contributed by atoms with E-state index in [0.29, 0.717) is 22.4 Å². The molecule has 24 rings (SSSR count). The van der Waals surface area contributed by atoms with E-state index < -0.39 is 0 Å². The summed E-state index contributed by atoms with van der Waals surface area (Å²) in [5, 5.41) is 46.5. The smallest absolute Gasteiger partial charge is 0.141 e. The van der Waals surface area contributed by atoms with E-state index in [-0.39, 0.29) is 0 Å². The summed E-state index contributed by atoms with van der Waals surface area (Å²) in [6.07, 6.45) is 10.0. The Balaban J connectivity index is 0.000000106. The number of pyridine rings is 6. The number of para-hydroxylation sites is 6. The Labute approximate surface area is 760 Å². The van der Waals surface area contributed by atoms with Gasteiger partial charge in [-0.05, 0) is 222 Å². The Morgan fingerprint density at radius 1 is 0.182 bits per heavy atom. The van der Waals surface area contributed by atoms with Gasteiger partial charge in [0, 0.05) is 136 Å². The standard InChI is InChI=1S/2C30H19N3.2C29H18N4/c31-18-21-15-25(20-32-19-21)24-12-14-30-28(17-24)27-16-23(22-7-3-1-4-8-22)11-13-29(27)33(30)26-9-5-2-6-10-26;31-20-21-15-16-32-28(17-21)24-12-14-30-27(19-24)26-18-23(22-7-3-1-4-8-22)11-13-29(26)33(30)25-9-5-2-6-10-25;30-17-20-15-22(19-31-18-20)27-11-6-10-26(32-27)21-13-14-29-25(16-21)24-9-4-5-12-28(24)33(29)23-7-2-1-3-8-23;30-19-22-17-21(15-16-31-22)27-11-6-10-26(32-27)20-13-14-29-25(18-20)24-9-4-5-12-28(24)33(29)23-7-2-1-3-8-23/h1-17,19-20H;1-19H;1-16,18-19H;1-18H. The first-order valence-electron chi connectivity index (χ1n) is 43.2. The van der Waals surface area contributed by atoms with Crippen LogP contribution >= 0.6 is 0 Å². The highest BCUT2D eigenvalue weighted by atomic mass is 15.0. The molecule has 0 aliphatic rings. The van der Waals surface area contributed by atoms with Gasteiger partial charge in [-0.2, -0.15) is 21.0 Å². The summed E-state index contributed by atoms with van der Waals surface area (Å²) in [7, 11) is 0. The van der Waals surface area contributed by atoms with E-state index in [1.54, 1.807) is 43.1 Å². The molecule has 14 nitrogen and oxygen atoms in total. The minimum Gasteiger partial charge on any atom is -0.309 e. The van der Waals surface area contributed by atoms with Gasteiger partial charge >= 0.3 is 0 Å². The number of aromatic nitrogens is 10. The molecular formula is C118H74N14. The summed E-state index contributed by atoms with van der Waals surface area (Å²) < 4.78 is 9.23. The molecular weight excluding hydrogens is 1610 g/mol. The second kappa shape index (κ2) is 35.6. The topological polar surface area (TPSA) is 192 Å². The first kappa shape index (κ1) is 80.3. The molecule has 0 spiro atoms. The van der Waals surface area contributed by atoms with E-state index >= 15 is 0 Å². The normalized spacial score (nSPS) is 11.0. The van der Waals surface area contributed by atoms with Crippen LogP contribution in [0, 0.1) is 45.3 Å². The van der Waals surface area contributed by atoms with Crippen LogP contribution in [0.2, 0.25) is 0 Å². The number of nitriles is 4. The third-order valence-electron chi connectivity index (χ3n) is 24.0. The molecule has 0 N–H and O–H groups in total. The van der Waals surface area contributed by atoms with Crippen LogP contribution in [0.3, 0.4) is 0 Å². The Kier molecular flexibility index (Phi) is 21.7. The Morgan fingerprint density at radius 3 is 0.879 bits per heavy atom. The van der Waals surface area contributed by atoms with Crippen LogP contribution in [0.5, 0.6) is 0 Å². The molecule has 0 unspecified atom stereocenters. The zero-order valence-electron chi connectivity index (χ0n) is 71.0. The molecule has 0 saturated carbocycles. The molecule has 10 heterocycles. The number of rotatable bonds is 12. The Bertz CT molecular complexity index is 8190. The summed E-state index contributed by atoms with van der Waals surface area (Å²) in [4.78, 5) is 26.8. The van der Waals surface area contributed by atoms with Crippen molar-refractivity contribution in [1.82, 2.24) is 48.2 Å². The lowest BCUT2D eigenvalue weighted by molar-refractivity contribution is 1.18. The van der Waals surface area contributed by atoms with Crippen LogP contribution in [0.15, 0.2) is 450 Å². The molecule has 616 valence electrons. The van der Waals surface area contributed by atoms with Gasteiger partial charge in [0.15, 0.2) is 0 Å². The molecule has 0 radical (unpaired) electrons. The van der Waals surface area contributed by atoms with Crippen molar-refractivity contribution in [3.05, 3.63) is 472 Å². The van der Waals surface area contributed by atoms with Gasteiger partial charge in [0.25, 0.3) is 0 Å². The molecule has 14 aromatic carbocycles. The van der Waals surface area contributed by atoms with Crippen LogP contribution in [0.4, 0.5) is 0 Å². The van der Waals surface area contributed by atoms with Crippen molar-refractivity contribution in [3.8, 4) is 137 Å². The fraction of sp³-hybridized carbons (Fsp3) is 0. The molecule has 0 fully saturated rings. The largest absolute Gasteiger partial charge is 0.309 e. The van der Waals surface area contributed by atoms with E-state index in [4.69, 9.17) is 9.97 Å². The molecule has 0 atom stereocenters. The summed E-state index contributed by atoms with van der Waals surface area (Å²) in [5.74, 6) is 0. The molecule has 10 aromatic heterocycles. The molecule has 0 saturated heterocycles. The maximum absolute atomic E-state index is 9.31. The first-order valence-corrected chi connectivity index (χ1v) is 43.2. The highest BCUT2D eigenvalue weighted by Crippen LogP contribution is 2.43. The van der Waals surface area contributed by atoms with Gasteiger partial charge in [-0.3, -0.25) is 15.0 Å². The van der Waals surface area contributed by atoms with Gasteiger partial charge in [-0.15, -0.1) is 0 Å². The summed E-state index contributed by atoms with van der Waals surface area (Å²) in [5.41, 5.74) is 31.6. The average Bonchev–Trinajstić information content (AvgIpc) is 1.59. The van der Waals surface area contributed by atoms with Crippen molar-refractivity contribution < 1.29 is 0 Å². The predicted octanol–water partition coefficient (Wildman–Crippen LogP) is 28.3. The van der Waals surface area contributed by atoms with Gasteiger partial charge in [0.1, 0.15) is 23.9 Å². The molecule has 0 aliphatic heterocycles. The second-order valence-corrected chi connectivity index (χ2v) is 31.9. The Morgan fingerprint density at radius 2 is 0.485 bits per heavy atom. The van der Waals surface area contributed by atoms with E-state index in [9.17, 15) is 21.0 Å². The summed E-state index contributed by atoms with van der Waals surface area (Å²) in [6, 6.07) is 150. The lowest BCUT2D eigenvalue weighted by Gasteiger charge is -2.08. The second-order valence-electron chi connectivity index (χ2n) is 31.9. The van der Waals surface area contributed by atoms with Crippen LogP contribution < -0.4 is 0 Å². The molecule has 132 heavy (non-hydrogen) atoms. The number of hydrogen-bond donors (Lipinski definition) is 0. The molecule has 0 amide bonds. The fourth-order valence-electron chi connectivity index (χ4n) is 17.8. The van der Waals surface area contributed by atoms with E-state index in [1.807, 2.05) is 103 Å². The maximum Gasteiger partial charge on any atom is 0.141 e. The third-order valence-corrected chi connectivity index (χ3v) is 24.0. The van der Waals surface area contributed by atoms with Crippen LogP contribution in [-0.2, 0) is 0 Å². The lowest BCUT2D eigenvalue weighted by Crippen LogP contribution is -1.93. The van der Waals surface area contributed by atoms with Gasteiger partial charge in [0.2, 0.25) is 0 Å². The monoisotopic (exact) mass is 1690 g/mol. The van der Waals surface area contributed by atoms with Gasteiger partial charge in [0.05, 0.1) is 95.4 Å². The van der Waals surface area contributed by atoms with Gasteiger partial charge in [-0.1, -0.05) is 218 Å². The van der Waals surface area contributed by atoms with Crippen LogP contribution in [-0.4, -0.2) is 48.2 Å². The summed E-state index contributed by atoms with van der Waals surface area (Å²) >= 11 is 0. The van der Waals surface area contributed by atoms with Crippen molar-refractivity contribution in [3.63, 3.8) is 0 Å². The SMILES string of the molecule is N#Cc1cc(-c2cccc(-c3ccc4c(c3)c3ccccc3n4-c3ccccc3)n2)ccn1.N#Cc1ccnc(-c2ccc3c(c2)c2cc(-c4ccccc4)ccc2n3-c2ccccc2)c1.N#Cc1cncc(-c2ccc3c(c2)c2cc(-c4ccccc4)ccc2n3-c2ccccc2)c1.N#Cc1cncc(-c2cccc(-c3ccc4c(c3)c3ccccc3n4-c3ccccc3)n2)c1. The highest BCUT2D eigenvalue weighted by molar-refractivity contribution is 6.15. The van der Waals surface area contributed by atoms with Crippen molar-refractivity contribution in [2.75, 3.05) is 0 Å². The minimum atomic E-state index is 0.384. The van der Waals surface area contributed by atoms with Crippen molar-refractivity contribution in [2.24, 2.45) is 0 Å². The summed E-state index contributed by atoms with van der Waals surface area (Å²) in [6.45, 7) is 0. The molecule has 0 aliphatic carbocycles. The van der Waals surface area contributed by atoms with Crippen molar-refractivity contribution in [1.29, 1.82) is 21.0 Å². The first-order chi connectivity index (χ1) is 65.3. The molecule has 0 bridgehead atoms. The number of hydrogen-bond acceptors (Lipinski definition) is 10. The molecule has 24 aromatic rings. The minimum absolute atomic E-state index is 0.384. The van der Waals surface area contributed by atoms with Gasteiger partial charge < -0.3 is 18.3 Å². The van der Waals surface area contributed by atoms with E-state index in [2.05, 4.69) is 366 Å². The lowest BCUT2D eigenvalue weighted by atomic mass is 10.0. The average molecular weight is 1690 g/mol. The number of fused-ring (bicyclic) bond motifs is 12.